The van der Waals surface area contributed by atoms with E-state index in [1.807, 2.05) is 30.3 Å². The average molecular weight is 292 g/mol. The molecule has 1 aliphatic heterocycles. The molecular formula is C16H24N2O3. The van der Waals surface area contributed by atoms with Crippen molar-refractivity contribution in [2.75, 3.05) is 33.3 Å². The lowest BCUT2D eigenvalue weighted by molar-refractivity contribution is 0.0556. The molecule has 5 nitrogen and oxygen atoms in total. The summed E-state index contributed by atoms with van der Waals surface area (Å²) < 4.78 is 5.39. The largest absolute Gasteiger partial charge is 0.445 e. The predicted molar refractivity (Wildman–Crippen MR) is 80.9 cm³/mol. The van der Waals surface area contributed by atoms with Crippen LogP contribution < -0.4 is 0 Å². The van der Waals surface area contributed by atoms with Crippen molar-refractivity contribution in [3.63, 3.8) is 0 Å². The van der Waals surface area contributed by atoms with Crippen molar-refractivity contribution in [2.24, 2.45) is 0 Å². The van der Waals surface area contributed by atoms with Gasteiger partial charge < -0.3 is 19.6 Å². The summed E-state index contributed by atoms with van der Waals surface area (Å²) in [6, 6.07) is 9.80. The summed E-state index contributed by atoms with van der Waals surface area (Å²) in [6.45, 7) is 2.51. The molecule has 116 valence electrons. The number of aliphatic hydroxyl groups is 1. The third-order valence-electron chi connectivity index (χ3n) is 3.91. The first-order chi connectivity index (χ1) is 10.2. The van der Waals surface area contributed by atoms with Gasteiger partial charge in [0.15, 0.2) is 0 Å². The monoisotopic (exact) mass is 292 g/mol. The molecule has 0 unspecified atom stereocenters. The van der Waals surface area contributed by atoms with E-state index in [1.165, 1.54) is 0 Å². The van der Waals surface area contributed by atoms with Crippen molar-refractivity contribution >= 4 is 6.09 Å². The molecule has 0 aromatic heterocycles. The Kier molecular flexibility index (Phi) is 6.02. The summed E-state index contributed by atoms with van der Waals surface area (Å²) in [5.74, 6) is 0. The standard InChI is InChI=1S/C16H24N2O3/c1-17-9-7-15(8-10-17)18(11-12-19)16(20)21-13-14-5-3-2-4-6-14/h2-6,15,19H,7-13H2,1H3. The van der Waals surface area contributed by atoms with E-state index in [2.05, 4.69) is 11.9 Å². The van der Waals surface area contributed by atoms with Crippen molar-refractivity contribution in [2.45, 2.75) is 25.5 Å². The maximum atomic E-state index is 12.3. The van der Waals surface area contributed by atoms with Crippen LogP contribution in [0.5, 0.6) is 0 Å². The Bertz CT molecular complexity index is 430. The Morgan fingerprint density at radius 2 is 2.00 bits per heavy atom. The van der Waals surface area contributed by atoms with Crippen LogP contribution in [0.4, 0.5) is 4.79 Å². The number of hydrogen-bond donors (Lipinski definition) is 1. The summed E-state index contributed by atoms with van der Waals surface area (Å²) in [5, 5.41) is 9.19. The van der Waals surface area contributed by atoms with Crippen LogP contribution in [0.1, 0.15) is 18.4 Å². The molecular weight excluding hydrogens is 268 g/mol. The molecule has 1 aromatic carbocycles. The Labute approximate surface area is 126 Å². The summed E-state index contributed by atoms with van der Waals surface area (Å²) >= 11 is 0. The van der Waals surface area contributed by atoms with Gasteiger partial charge in [0.05, 0.1) is 6.61 Å². The highest BCUT2D eigenvalue weighted by Gasteiger charge is 2.27. The lowest BCUT2D eigenvalue weighted by atomic mass is 10.0. The maximum Gasteiger partial charge on any atom is 0.410 e. The molecule has 21 heavy (non-hydrogen) atoms. The highest BCUT2D eigenvalue weighted by atomic mass is 16.6. The third-order valence-corrected chi connectivity index (χ3v) is 3.91. The number of nitrogens with zero attached hydrogens (tertiary/aromatic N) is 2. The molecule has 1 fully saturated rings. The number of ether oxygens (including phenoxy) is 1. The summed E-state index contributed by atoms with van der Waals surface area (Å²) in [5.41, 5.74) is 0.971. The van der Waals surface area contributed by atoms with Crippen LogP contribution >= 0.6 is 0 Å². The number of benzene rings is 1. The fraction of sp³-hybridized carbons (Fsp3) is 0.562. The number of rotatable bonds is 5. The quantitative estimate of drug-likeness (QED) is 0.897. The van der Waals surface area contributed by atoms with E-state index in [4.69, 9.17) is 4.74 Å². The number of carbonyl (C=O) groups excluding carboxylic acids is 1. The Morgan fingerprint density at radius 3 is 2.62 bits per heavy atom. The zero-order chi connectivity index (χ0) is 15.1. The number of piperidine rings is 1. The van der Waals surface area contributed by atoms with Gasteiger partial charge in [0.25, 0.3) is 0 Å². The zero-order valence-corrected chi connectivity index (χ0v) is 12.6. The number of hydrogen-bond acceptors (Lipinski definition) is 4. The minimum atomic E-state index is -0.331. The van der Waals surface area contributed by atoms with E-state index in [9.17, 15) is 9.90 Å². The molecule has 0 aliphatic carbocycles. The van der Waals surface area contributed by atoms with Gasteiger partial charge in [-0.25, -0.2) is 4.79 Å². The Hall–Kier alpha value is -1.59. The van der Waals surface area contributed by atoms with Gasteiger partial charge >= 0.3 is 6.09 Å². The molecule has 1 amide bonds. The predicted octanol–water partition coefficient (Wildman–Crippen LogP) is 1.71. The molecule has 0 saturated carbocycles. The van der Waals surface area contributed by atoms with Crippen molar-refractivity contribution in [3.05, 3.63) is 35.9 Å². The first-order valence-corrected chi connectivity index (χ1v) is 7.47. The van der Waals surface area contributed by atoms with Crippen molar-refractivity contribution in [3.8, 4) is 0 Å². The van der Waals surface area contributed by atoms with Gasteiger partial charge in [0, 0.05) is 12.6 Å². The summed E-state index contributed by atoms with van der Waals surface area (Å²) in [7, 11) is 2.08. The van der Waals surface area contributed by atoms with Gasteiger partial charge in [-0.3, -0.25) is 0 Å². The average Bonchev–Trinajstić information content (AvgIpc) is 2.52. The SMILES string of the molecule is CN1CCC(N(CCO)C(=O)OCc2ccccc2)CC1. The van der Waals surface area contributed by atoms with Crippen molar-refractivity contribution in [1.29, 1.82) is 0 Å². The van der Waals surface area contributed by atoms with Gasteiger partial charge in [-0.05, 0) is 38.5 Å². The van der Waals surface area contributed by atoms with Crippen LogP contribution in [0.2, 0.25) is 0 Å². The Balaban J connectivity index is 1.89. The number of aliphatic hydroxyl groups excluding tert-OH is 1. The Morgan fingerprint density at radius 1 is 1.33 bits per heavy atom. The minimum Gasteiger partial charge on any atom is -0.445 e. The number of amides is 1. The minimum absolute atomic E-state index is 0.0349. The normalized spacial score (nSPS) is 16.7. The van der Waals surface area contributed by atoms with E-state index < -0.39 is 0 Å². The van der Waals surface area contributed by atoms with E-state index in [0.29, 0.717) is 6.54 Å². The molecule has 2 rings (SSSR count). The van der Waals surface area contributed by atoms with Crippen LogP contribution in [-0.2, 0) is 11.3 Å². The molecule has 1 heterocycles. The second-order valence-corrected chi connectivity index (χ2v) is 5.49. The number of carbonyl (C=O) groups is 1. The number of likely N-dealkylation sites (tertiary alicyclic amines) is 1. The lowest BCUT2D eigenvalue weighted by Gasteiger charge is -2.36. The third kappa shape index (κ3) is 4.72. The first kappa shape index (κ1) is 15.8. The van der Waals surface area contributed by atoms with E-state index >= 15 is 0 Å². The first-order valence-electron chi connectivity index (χ1n) is 7.47. The van der Waals surface area contributed by atoms with Gasteiger partial charge in [-0.15, -0.1) is 0 Å². The van der Waals surface area contributed by atoms with Gasteiger partial charge in [-0.2, -0.15) is 0 Å². The zero-order valence-electron chi connectivity index (χ0n) is 12.6. The fourth-order valence-corrected chi connectivity index (χ4v) is 2.64. The molecule has 1 N–H and O–H groups in total. The molecule has 0 atom stereocenters. The van der Waals surface area contributed by atoms with E-state index in [0.717, 1.165) is 31.5 Å². The van der Waals surface area contributed by atoms with Crippen LogP contribution in [0.25, 0.3) is 0 Å². The van der Waals surface area contributed by atoms with Crippen LogP contribution in [-0.4, -0.2) is 60.3 Å². The highest BCUT2D eigenvalue weighted by Crippen LogP contribution is 2.17. The molecule has 0 bridgehead atoms. The lowest BCUT2D eigenvalue weighted by Crippen LogP contribution is -2.47. The van der Waals surface area contributed by atoms with Crippen LogP contribution in [0.15, 0.2) is 30.3 Å². The van der Waals surface area contributed by atoms with Gasteiger partial charge in [-0.1, -0.05) is 30.3 Å². The second kappa shape index (κ2) is 8.00. The van der Waals surface area contributed by atoms with Gasteiger partial charge in [0.1, 0.15) is 6.61 Å². The molecule has 1 aromatic rings. The van der Waals surface area contributed by atoms with Crippen molar-refractivity contribution < 1.29 is 14.6 Å². The molecule has 5 heteroatoms. The van der Waals surface area contributed by atoms with Gasteiger partial charge in [0.2, 0.25) is 0 Å². The van der Waals surface area contributed by atoms with Crippen molar-refractivity contribution in [1.82, 2.24) is 9.80 Å². The fourth-order valence-electron chi connectivity index (χ4n) is 2.64. The second-order valence-electron chi connectivity index (χ2n) is 5.49. The van der Waals surface area contributed by atoms with Crippen LogP contribution in [0.3, 0.4) is 0 Å². The molecule has 0 spiro atoms. The van der Waals surface area contributed by atoms with Crippen LogP contribution in [0, 0.1) is 0 Å². The van der Waals surface area contributed by atoms with E-state index in [1.54, 1.807) is 4.90 Å². The summed E-state index contributed by atoms with van der Waals surface area (Å²) in [6.07, 6.45) is 1.52. The molecule has 0 radical (unpaired) electrons. The molecule has 1 saturated heterocycles. The highest BCUT2D eigenvalue weighted by molar-refractivity contribution is 5.68. The van der Waals surface area contributed by atoms with E-state index in [-0.39, 0.29) is 25.3 Å². The maximum absolute atomic E-state index is 12.3. The topological polar surface area (TPSA) is 53.0 Å². The summed E-state index contributed by atoms with van der Waals surface area (Å²) in [4.78, 5) is 16.2. The smallest absolute Gasteiger partial charge is 0.410 e. The molecule has 1 aliphatic rings.